The Morgan fingerprint density at radius 2 is 1.81 bits per heavy atom. The highest BCUT2D eigenvalue weighted by Gasteiger charge is 2.68. The predicted octanol–water partition coefficient (Wildman–Crippen LogP) is 6.94. The van der Waals surface area contributed by atoms with Gasteiger partial charge in [0.05, 0.1) is 6.10 Å². The SMILES string of the molecule is CC(=O)O[C@@H]1CC[C@]2(C)[C@@H]3C[C@H](O)[C@]4(C)[C@@H]([C@H](C)CC/C=C(/C)C(=O)O)CC[C@@]4(C)C3=CC[C@H]2C1(C)C. The third kappa shape index (κ3) is 4.22. The standard InChI is InChI=1S/C32H50O5/c1-19(10-9-11-20(2)28(35)36)22-14-17-31(7)23-12-13-25-29(4,5)27(37-21(3)33)15-16-30(25,6)24(23)18-26(34)32(22,31)8/h11-12,19,22,24-27,34H,9-10,13-18H2,1-8H3,(H,35,36)/b20-11-/t19-,22-,24-,25+,26+,27-,30-,31+,32+/m1/s1. The van der Waals surface area contributed by atoms with E-state index in [2.05, 4.69) is 47.6 Å². The summed E-state index contributed by atoms with van der Waals surface area (Å²) >= 11 is 0. The summed E-state index contributed by atoms with van der Waals surface area (Å²) in [6.07, 6.45) is 11.6. The Labute approximate surface area is 224 Å². The number of aliphatic hydroxyl groups excluding tert-OH is 1. The van der Waals surface area contributed by atoms with Crippen molar-refractivity contribution in [2.75, 3.05) is 0 Å². The van der Waals surface area contributed by atoms with Gasteiger partial charge in [0.1, 0.15) is 6.10 Å². The largest absolute Gasteiger partial charge is 0.478 e. The van der Waals surface area contributed by atoms with Crippen molar-refractivity contribution in [1.29, 1.82) is 0 Å². The molecule has 3 saturated carbocycles. The maximum absolute atomic E-state index is 12.0. The first-order valence-electron chi connectivity index (χ1n) is 14.6. The lowest BCUT2D eigenvalue weighted by molar-refractivity contribution is -0.181. The molecule has 2 N–H and O–H groups in total. The van der Waals surface area contributed by atoms with Crippen LogP contribution in [-0.2, 0) is 14.3 Å². The number of carbonyl (C=O) groups excluding carboxylic acids is 1. The maximum atomic E-state index is 12.0. The summed E-state index contributed by atoms with van der Waals surface area (Å²) in [7, 11) is 0. The van der Waals surface area contributed by atoms with Crippen molar-refractivity contribution in [3.05, 3.63) is 23.3 Å². The minimum Gasteiger partial charge on any atom is -0.478 e. The van der Waals surface area contributed by atoms with Crippen molar-refractivity contribution >= 4 is 11.9 Å². The summed E-state index contributed by atoms with van der Waals surface area (Å²) < 4.78 is 5.82. The van der Waals surface area contributed by atoms with E-state index in [0.717, 1.165) is 51.4 Å². The van der Waals surface area contributed by atoms with Gasteiger partial charge < -0.3 is 14.9 Å². The second-order valence-electron chi connectivity index (χ2n) is 14.2. The minimum absolute atomic E-state index is 0.0358. The molecule has 3 fully saturated rings. The van der Waals surface area contributed by atoms with Gasteiger partial charge in [-0.15, -0.1) is 0 Å². The number of rotatable bonds is 6. The summed E-state index contributed by atoms with van der Waals surface area (Å²) in [5, 5.41) is 21.2. The van der Waals surface area contributed by atoms with Crippen molar-refractivity contribution < 1.29 is 24.5 Å². The zero-order valence-electron chi connectivity index (χ0n) is 24.4. The first kappa shape index (κ1) is 28.4. The average molecular weight is 515 g/mol. The zero-order chi connectivity index (χ0) is 27.6. The molecule has 5 heteroatoms. The number of hydrogen-bond acceptors (Lipinski definition) is 4. The van der Waals surface area contributed by atoms with Crippen LogP contribution in [0.2, 0.25) is 0 Å². The van der Waals surface area contributed by atoms with Crippen molar-refractivity contribution in [3.63, 3.8) is 0 Å². The molecule has 37 heavy (non-hydrogen) atoms. The van der Waals surface area contributed by atoms with Crippen LogP contribution < -0.4 is 0 Å². The fraction of sp³-hybridized carbons (Fsp3) is 0.812. The van der Waals surface area contributed by atoms with Crippen LogP contribution in [0.4, 0.5) is 0 Å². The number of carboxylic acid groups (broad SMARTS) is 1. The number of fused-ring (bicyclic) bond motifs is 5. The Morgan fingerprint density at radius 3 is 2.43 bits per heavy atom. The van der Waals surface area contributed by atoms with Crippen molar-refractivity contribution in [2.24, 2.45) is 45.3 Å². The second-order valence-corrected chi connectivity index (χ2v) is 14.2. The van der Waals surface area contributed by atoms with E-state index in [1.54, 1.807) is 12.5 Å². The summed E-state index contributed by atoms with van der Waals surface area (Å²) in [4.78, 5) is 23.0. The van der Waals surface area contributed by atoms with E-state index in [1.165, 1.54) is 6.92 Å². The molecule has 0 saturated heterocycles. The van der Waals surface area contributed by atoms with E-state index in [0.29, 0.717) is 29.2 Å². The van der Waals surface area contributed by atoms with Gasteiger partial charge in [0.2, 0.25) is 0 Å². The Kier molecular flexibility index (Phi) is 7.32. The van der Waals surface area contributed by atoms with Crippen LogP contribution in [0.5, 0.6) is 0 Å². The molecule has 0 radical (unpaired) electrons. The molecule has 0 aliphatic heterocycles. The Bertz CT molecular complexity index is 993. The third-order valence-electron chi connectivity index (χ3n) is 12.3. The van der Waals surface area contributed by atoms with Crippen LogP contribution in [0.3, 0.4) is 0 Å². The van der Waals surface area contributed by atoms with Crippen LogP contribution in [0.1, 0.15) is 107 Å². The molecule has 0 aromatic rings. The van der Waals surface area contributed by atoms with Gasteiger partial charge in [-0.25, -0.2) is 4.79 Å². The van der Waals surface area contributed by atoms with Gasteiger partial charge in [0.15, 0.2) is 0 Å². The predicted molar refractivity (Wildman–Crippen MR) is 146 cm³/mol. The molecule has 0 heterocycles. The highest BCUT2D eigenvalue weighted by molar-refractivity contribution is 5.85. The topological polar surface area (TPSA) is 83.8 Å². The third-order valence-corrected chi connectivity index (χ3v) is 12.3. The lowest BCUT2D eigenvalue weighted by Gasteiger charge is -2.65. The van der Waals surface area contributed by atoms with Crippen molar-refractivity contribution in [3.8, 4) is 0 Å². The quantitative estimate of drug-likeness (QED) is 0.228. The molecule has 4 aliphatic carbocycles. The van der Waals surface area contributed by atoms with Crippen LogP contribution >= 0.6 is 0 Å². The second kappa shape index (κ2) is 9.54. The molecular weight excluding hydrogens is 464 g/mol. The lowest BCUT2D eigenvalue weighted by atomic mass is 9.40. The number of aliphatic carboxylic acids is 1. The van der Waals surface area contributed by atoms with Gasteiger partial charge >= 0.3 is 11.9 Å². The molecule has 0 spiro atoms. The molecular formula is C32H50O5. The summed E-state index contributed by atoms with van der Waals surface area (Å²) in [6, 6.07) is 0. The fourth-order valence-electron chi connectivity index (χ4n) is 9.90. The molecule has 0 bridgehead atoms. The highest BCUT2D eigenvalue weighted by atomic mass is 16.5. The number of esters is 1. The van der Waals surface area contributed by atoms with E-state index >= 15 is 0 Å². The molecule has 0 unspecified atom stereocenters. The van der Waals surface area contributed by atoms with Crippen LogP contribution in [0.15, 0.2) is 23.3 Å². The van der Waals surface area contributed by atoms with E-state index in [1.807, 2.05) is 6.08 Å². The van der Waals surface area contributed by atoms with Gasteiger partial charge in [-0.05, 0) is 92.8 Å². The number of ether oxygens (including phenoxy) is 1. The van der Waals surface area contributed by atoms with Gasteiger partial charge in [-0.3, -0.25) is 4.79 Å². The lowest BCUT2D eigenvalue weighted by Crippen LogP contribution is -2.61. The van der Waals surface area contributed by atoms with Crippen molar-refractivity contribution in [2.45, 2.75) is 119 Å². The van der Waals surface area contributed by atoms with Crippen LogP contribution in [-0.4, -0.2) is 34.4 Å². The number of aliphatic hydroxyl groups is 1. The van der Waals surface area contributed by atoms with Gasteiger partial charge in [0, 0.05) is 23.3 Å². The smallest absolute Gasteiger partial charge is 0.330 e. The van der Waals surface area contributed by atoms with Crippen LogP contribution in [0, 0.1) is 45.3 Å². The van der Waals surface area contributed by atoms with E-state index < -0.39 is 5.97 Å². The molecule has 4 aliphatic rings. The number of allylic oxidation sites excluding steroid dienone is 3. The molecule has 4 rings (SSSR count). The molecule has 0 aromatic heterocycles. The number of carboxylic acids is 1. The Morgan fingerprint density at radius 1 is 1.14 bits per heavy atom. The Hall–Kier alpha value is -1.62. The summed E-state index contributed by atoms with van der Waals surface area (Å²) in [5.74, 6) is 0.559. The van der Waals surface area contributed by atoms with Gasteiger partial charge in [0.25, 0.3) is 0 Å². The maximum Gasteiger partial charge on any atom is 0.330 e. The highest BCUT2D eigenvalue weighted by Crippen LogP contribution is 2.73. The van der Waals surface area contributed by atoms with E-state index in [4.69, 9.17) is 4.74 Å². The zero-order valence-corrected chi connectivity index (χ0v) is 24.4. The monoisotopic (exact) mass is 514 g/mol. The molecule has 0 aromatic carbocycles. The molecule has 0 amide bonds. The van der Waals surface area contributed by atoms with Crippen LogP contribution in [0.25, 0.3) is 0 Å². The first-order valence-corrected chi connectivity index (χ1v) is 14.6. The minimum atomic E-state index is -0.845. The number of carbonyl (C=O) groups is 2. The molecule has 5 nitrogen and oxygen atoms in total. The normalized spacial score (nSPS) is 43.6. The van der Waals surface area contributed by atoms with E-state index in [-0.39, 0.29) is 39.8 Å². The average Bonchev–Trinajstić information content (AvgIpc) is 3.09. The van der Waals surface area contributed by atoms with Crippen molar-refractivity contribution in [1.82, 2.24) is 0 Å². The van der Waals surface area contributed by atoms with Gasteiger partial charge in [-0.1, -0.05) is 59.3 Å². The molecule has 208 valence electrons. The fourth-order valence-corrected chi connectivity index (χ4v) is 9.90. The first-order chi connectivity index (χ1) is 17.1. The van der Waals surface area contributed by atoms with Gasteiger partial charge in [-0.2, -0.15) is 0 Å². The summed E-state index contributed by atoms with van der Waals surface area (Å²) in [6.45, 7) is 17.3. The Balaban J connectivity index is 1.62. The molecule has 9 atom stereocenters. The van der Waals surface area contributed by atoms with E-state index in [9.17, 15) is 19.8 Å². The summed E-state index contributed by atoms with van der Waals surface area (Å²) in [5.41, 5.74) is 1.74. The number of hydrogen-bond donors (Lipinski definition) is 2.